The molecular weight excluding hydrogens is 408 g/mol. The van der Waals surface area contributed by atoms with Crippen molar-refractivity contribution in [3.05, 3.63) is 35.4 Å². The molecule has 1 aromatic heterocycles. The molecule has 0 spiro atoms. The molecule has 1 unspecified atom stereocenters. The van der Waals surface area contributed by atoms with E-state index in [1.807, 2.05) is 16.8 Å². The summed E-state index contributed by atoms with van der Waals surface area (Å²) in [5.41, 5.74) is 0.966. The number of hydrogen-bond donors (Lipinski definition) is 2. The fourth-order valence-electron chi connectivity index (χ4n) is 3.81. The summed E-state index contributed by atoms with van der Waals surface area (Å²) in [6, 6.07) is 6.28. The Labute approximate surface area is 190 Å². The molecule has 9 heteroatoms. The van der Waals surface area contributed by atoms with Gasteiger partial charge in [0.1, 0.15) is 12.4 Å². The average molecular weight is 445 g/mol. The van der Waals surface area contributed by atoms with Crippen molar-refractivity contribution in [1.82, 2.24) is 25.4 Å². The van der Waals surface area contributed by atoms with Crippen LogP contribution in [0.15, 0.2) is 23.2 Å². The van der Waals surface area contributed by atoms with E-state index in [0.29, 0.717) is 13.2 Å². The predicted molar refractivity (Wildman–Crippen MR) is 125 cm³/mol. The molecule has 3 rings (SSSR count). The quantitative estimate of drug-likeness (QED) is 0.453. The molecule has 2 heterocycles. The highest BCUT2D eigenvalue weighted by atomic mass is 16.5. The maximum Gasteiger partial charge on any atom is 0.191 e. The second-order valence-corrected chi connectivity index (χ2v) is 8.59. The van der Waals surface area contributed by atoms with Crippen LogP contribution in [-0.2, 0) is 29.7 Å². The molecule has 1 aliphatic heterocycles. The normalized spacial score (nSPS) is 16.4. The number of guanidine groups is 1. The number of nitrogens with one attached hydrogen (secondary N) is 2. The Morgan fingerprint density at radius 2 is 2.00 bits per heavy atom. The molecule has 0 fully saturated rings. The standard InChI is InChI=1S/C23H36N6O3/c1-7-24-22(26-17-9-11-21-27-20(14-30-4)28-29(21)13-17)25-15-23(2,3)16-8-10-18(31-5)19(12-16)32-6/h8,10,12,17H,7,9,11,13-15H2,1-6H3,(H2,24,25,26). The molecule has 9 nitrogen and oxygen atoms in total. The van der Waals surface area contributed by atoms with Crippen molar-refractivity contribution in [3.63, 3.8) is 0 Å². The van der Waals surface area contributed by atoms with E-state index in [1.54, 1.807) is 21.3 Å². The lowest BCUT2D eigenvalue weighted by Crippen LogP contribution is -2.47. The highest BCUT2D eigenvalue weighted by Crippen LogP contribution is 2.33. The van der Waals surface area contributed by atoms with Crippen LogP contribution in [0.25, 0.3) is 0 Å². The Kier molecular flexibility index (Phi) is 7.95. The molecule has 32 heavy (non-hydrogen) atoms. The van der Waals surface area contributed by atoms with Crippen molar-refractivity contribution in [2.24, 2.45) is 4.99 Å². The lowest BCUT2D eigenvalue weighted by molar-refractivity contribution is 0.177. The molecule has 2 aromatic rings. The zero-order valence-electron chi connectivity index (χ0n) is 20.1. The maximum absolute atomic E-state index is 5.48. The van der Waals surface area contributed by atoms with Crippen LogP contribution in [0.3, 0.4) is 0 Å². The van der Waals surface area contributed by atoms with E-state index in [4.69, 9.17) is 19.2 Å². The monoisotopic (exact) mass is 444 g/mol. The highest BCUT2D eigenvalue weighted by molar-refractivity contribution is 5.80. The zero-order chi connectivity index (χ0) is 23.1. The molecule has 0 saturated carbocycles. The number of aryl methyl sites for hydroxylation is 1. The first-order valence-electron chi connectivity index (χ1n) is 11.1. The maximum atomic E-state index is 5.48. The number of hydrogen-bond acceptors (Lipinski definition) is 6. The van der Waals surface area contributed by atoms with Gasteiger partial charge < -0.3 is 24.8 Å². The predicted octanol–water partition coefficient (Wildman–Crippen LogP) is 2.29. The van der Waals surface area contributed by atoms with Crippen LogP contribution in [0.2, 0.25) is 0 Å². The zero-order valence-corrected chi connectivity index (χ0v) is 20.1. The van der Waals surface area contributed by atoms with Gasteiger partial charge in [-0.2, -0.15) is 5.10 Å². The lowest BCUT2D eigenvalue weighted by Gasteiger charge is -2.27. The number of methoxy groups -OCH3 is 3. The molecule has 0 radical (unpaired) electrons. The van der Waals surface area contributed by atoms with Gasteiger partial charge in [0.25, 0.3) is 0 Å². The van der Waals surface area contributed by atoms with Crippen LogP contribution < -0.4 is 20.1 Å². The van der Waals surface area contributed by atoms with Crippen LogP contribution in [0.1, 0.15) is 44.4 Å². The van der Waals surface area contributed by atoms with Gasteiger partial charge in [-0.05, 0) is 31.0 Å². The van der Waals surface area contributed by atoms with Crippen LogP contribution >= 0.6 is 0 Å². The van der Waals surface area contributed by atoms with Crippen LogP contribution in [0.5, 0.6) is 11.5 Å². The summed E-state index contributed by atoms with van der Waals surface area (Å²) in [6.07, 6.45) is 1.86. The Bertz CT molecular complexity index is 924. The first-order valence-corrected chi connectivity index (χ1v) is 11.1. The van der Waals surface area contributed by atoms with Gasteiger partial charge in [0.05, 0.1) is 27.3 Å². The molecule has 2 N–H and O–H groups in total. The number of aromatic nitrogens is 3. The summed E-state index contributed by atoms with van der Waals surface area (Å²) in [5, 5.41) is 11.5. The third-order valence-corrected chi connectivity index (χ3v) is 5.66. The van der Waals surface area contributed by atoms with E-state index >= 15 is 0 Å². The lowest BCUT2D eigenvalue weighted by atomic mass is 9.84. The number of fused-ring (bicyclic) bond motifs is 1. The van der Waals surface area contributed by atoms with Gasteiger partial charge in [0.15, 0.2) is 23.3 Å². The first-order chi connectivity index (χ1) is 15.4. The number of aliphatic imine (C=N–C) groups is 1. The van der Waals surface area contributed by atoms with E-state index in [0.717, 1.165) is 60.6 Å². The van der Waals surface area contributed by atoms with Gasteiger partial charge in [-0.3, -0.25) is 4.99 Å². The molecule has 0 bridgehead atoms. The van der Waals surface area contributed by atoms with Crippen molar-refractivity contribution < 1.29 is 14.2 Å². The molecule has 1 atom stereocenters. The minimum Gasteiger partial charge on any atom is -0.493 e. The van der Waals surface area contributed by atoms with Crippen LogP contribution in [-0.4, -0.2) is 61.2 Å². The van der Waals surface area contributed by atoms with Gasteiger partial charge in [0, 0.05) is 31.5 Å². The molecule has 0 saturated heterocycles. The van der Waals surface area contributed by atoms with E-state index in [1.165, 1.54) is 0 Å². The number of benzene rings is 1. The highest BCUT2D eigenvalue weighted by Gasteiger charge is 2.25. The number of rotatable bonds is 9. The smallest absolute Gasteiger partial charge is 0.191 e. The molecule has 176 valence electrons. The van der Waals surface area contributed by atoms with Gasteiger partial charge in [0.2, 0.25) is 0 Å². The topological polar surface area (TPSA) is 94.8 Å². The van der Waals surface area contributed by atoms with Gasteiger partial charge in [-0.15, -0.1) is 0 Å². The third kappa shape index (κ3) is 5.70. The van der Waals surface area contributed by atoms with Crippen LogP contribution in [0.4, 0.5) is 0 Å². The first kappa shape index (κ1) is 23.8. The van der Waals surface area contributed by atoms with E-state index in [-0.39, 0.29) is 11.5 Å². The summed E-state index contributed by atoms with van der Waals surface area (Å²) in [7, 11) is 4.96. The molecule has 0 amide bonds. The van der Waals surface area contributed by atoms with Gasteiger partial charge in [-0.1, -0.05) is 19.9 Å². The molecule has 0 aliphatic carbocycles. The summed E-state index contributed by atoms with van der Waals surface area (Å²) in [4.78, 5) is 9.45. The minimum absolute atomic E-state index is 0.178. The summed E-state index contributed by atoms with van der Waals surface area (Å²) >= 11 is 0. The van der Waals surface area contributed by atoms with E-state index < -0.39 is 0 Å². The fraction of sp³-hybridized carbons (Fsp3) is 0.609. The Hall–Kier alpha value is -2.81. The largest absolute Gasteiger partial charge is 0.493 e. The van der Waals surface area contributed by atoms with E-state index in [9.17, 15) is 0 Å². The SMILES string of the molecule is CCNC(=NCC(C)(C)c1ccc(OC)c(OC)c1)NC1CCc2nc(COC)nn2C1. The average Bonchev–Trinajstić information content (AvgIpc) is 3.19. The summed E-state index contributed by atoms with van der Waals surface area (Å²) in [6.45, 7) is 9.05. The van der Waals surface area contributed by atoms with Crippen molar-refractivity contribution in [1.29, 1.82) is 0 Å². The van der Waals surface area contributed by atoms with Gasteiger partial charge in [-0.25, -0.2) is 9.67 Å². The van der Waals surface area contributed by atoms with Crippen molar-refractivity contribution in [2.45, 2.75) is 58.2 Å². The number of ether oxygens (including phenoxy) is 3. The van der Waals surface area contributed by atoms with Crippen molar-refractivity contribution in [3.8, 4) is 11.5 Å². The summed E-state index contributed by atoms with van der Waals surface area (Å²) < 4.78 is 18.0. The minimum atomic E-state index is -0.178. The fourth-order valence-corrected chi connectivity index (χ4v) is 3.81. The molecule has 1 aromatic carbocycles. The third-order valence-electron chi connectivity index (χ3n) is 5.66. The number of nitrogens with zero attached hydrogens (tertiary/aromatic N) is 4. The molecular formula is C23H36N6O3. The van der Waals surface area contributed by atoms with Crippen molar-refractivity contribution in [2.75, 3.05) is 34.4 Å². The van der Waals surface area contributed by atoms with Gasteiger partial charge >= 0.3 is 0 Å². The Balaban J connectivity index is 1.69. The second kappa shape index (κ2) is 10.7. The Morgan fingerprint density at radius 1 is 1.22 bits per heavy atom. The van der Waals surface area contributed by atoms with Crippen LogP contribution in [0, 0.1) is 0 Å². The second-order valence-electron chi connectivity index (χ2n) is 8.59. The van der Waals surface area contributed by atoms with E-state index in [2.05, 4.69) is 47.6 Å². The Morgan fingerprint density at radius 3 is 2.69 bits per heavy atom. The molecule has 1 aliphatic rings. The van der Waals surface area contributed by atoms with Crippen molar-refractivity contribution >= 4 is 5.96 Å². The summed E-state index contributed by atoms with van der Waals surface area (Å²) in [5.74, 6) is 4.02.